The first-order valence-electron chi connectivity index (χ1n) is 8.89. The van der Waals surface area contributed by atoms with Crippen molar-refractivity contribution in [2.75, 3.05) is 4.72 Å². The summed E-state index contributed by atoms with van der Waals surface area (Å²) in [5.41, 5.74) is 1.52. The Balaban J connectivity index is 1.82. The second kappa shape index (κ2) is 8.08. The van der Waals surface area contributed by atoms with Gasteiger partial charge in [0.15, 0.2) is 0 Å². The monoisotopic (exact) mass is 416 g/mol. The van der Waals surface area contributed by atoms with Crippen LogP contribution in [0.4, 0.5) is 10.1 Å². The third kappa shape index (κ3) is 4.65. The number of para-hydroxylation sites is 1. The van der Waals surface area contributed by atoms with E-state index in [1.807, 2.05) is 13.0 Å². The first-order valence-corrected chi connectivity index (χ1v) is 10.4. The van der Waals surface area contributed by atoms with E-state index in [1.165, 1.54) is 36.4 Å². The Morgan fingerprint density at radius 3 is 2.45 bits per heavy atom. The molecule has 0 aliphatic carbocycles. The van der Waals surface area contributed by atoms with Gasteiger partial charge < -0.3 is 9.73 Å². The van der Waals surface area contributed by atoms with E-state index in [1.54, 1.807) is 13.8 Å². The maximum Gasteiger partial charge on any atom is 0.262 e. The predicted molar refractivity (Wildman–Crippen MR) is 108 cm³/mol. The summed E-state index contributed by atoms with van der Waals surface area (Å²) in [7, 11) is -4.06. The van der Waals surface area contributed by atoms with Crippen LogP contribution in [0, 0.1) is 26.6 Å². The number of nitrogens with one attached hydrogen (secondary N) is 2. The minimum atomic E-state index is -4.06. The fourth-order valence-corrected chi connectivity index (χ4v) is 3.98. The summed E-state index contributed by atoms with van der Waals surface area (Å²) in [4.78, 5) is 12.5. The first-order chi connectivity index (χ1) is 13.7. The molecule has 1 amide bonds. The van der Waals surface area contributed by atoms with E-state index in [0.29, 0.717) is 11.3 Å². The number of rotatable bonds is 6. The minimum absolute atomic E-state index is 0.133. The number of aryl methyl sites for hydroxylation is 3. The van der Waals surface area contributed by atoms with Gasteiger partial charge in [-0.2, -0.15) is 0 Å². The van der Waals surface area contributed by atoms with Gasteiger partial charge in [0.05, 0.1) is 10.6 Å². The highest BCUT2D eigenvalue weighted by Crippen LogP contribution is 2.21. The molecule has 1 aromatic heterocycles. The normalized spacial score (nSPS) is 11.3. The van der Waals surface area contributed by atoms with Crippen molar-refractivity contribution in [1.29, 1.82) is 0 Å². The van der Waals surface area contributed by atoms with Crippen LogP contribution >= 0.6 is 0 Å². The molecule has 0 aliphatic heterocycles. The third-order valence-corrected chi connectivity index (χ3v) is 5.83. The lowest BCUT2D eigenvalue weighted by molar-refractivity contribution is 0.0950. The van der Waals surface area contributed by atoms with E-state index in [-0.39, 0.29) is 22.7 Å². The Labute approximate surface area is 168 Å². The second-order valence-electron chi connectivity index (χ2n) is 6.68. The number of carbonyl (C=O) groups excluding carboxylic acids is 1. The number of furan rings is 1. The number of hydrogen-bond acceptors (Lipinski definition) is 4. The van der Waals surface area contributed by atoms with Crippen LogP contribution in [0.1, 0.15) is 33.0 Å². The van der Waals surface area contributed by atoms with Crippen molar-refractivity contribution < 1.29 is 22.0 Å². The molecule has 0 fully saturated rings. The van der Waals surface area contributed by atoms with E-state index in [2.05, 4.69) is 10.0 Å². The van der Waals surface area contributed by atoms with E-state index < -0.39 is 21.7 Å². The van der Waals surface area contributed by atoms with Crippen LogP contribution in [0.3, 0.4) is 0 Å². The highest BCUT2D eigenvalue weighted by molar-refractivity contribution is 7.92. The fraction of sp³-hybridized carbons (Fsp3) is 0.190. The second-order valence-corrected chi connectivity index (χ2v) is 8.37. The lowest BCUT2D eigenvalue weighted by atomic mass is 10.1. The first kappa shape index (κ1) is 20.6. The molecule has 29 heavy (non-hydrogen) atoms. The molecule has 2 N–H and O–H groups in total. The standard InChI is InChI=1S/C21H21FN2O4S/c1-13-8-9-17(29(26,27)24-20-7-5-4-6-19(20)22)11-18(13)21(25)23-12-16-10-14(2)28-15(16)3/h4-11,24H,12H2,1-3H3,(H,23,25). The molecule has 0 saturated heterocycles. The van der Waals surface area contributed by atoms with E-state index >= 15 is 0 Å². The summed E-state index contributed by atoms with van der Waals surface area (Å²) >= 11 is 0. The lowest BCUT2D eigenvalue weighted by Gasteiger charge is -2.12. The molecule has 3 aromatic rings. The Morgan fingerprint density at radius 1 is 1.07 bits per heavy atom. The summed E-state index contributed by atoms with van der Waals surface area (Å²) in [6.45, 7) is 5.59. The number of anilines is 1. The molecule has 0 atom stereocenters. The summed E-state index contributed by atoms with van der Waals surface area (Å²) in [6, 6.07) is 11.5. The van der Waals surface area contributed by atoms with Crippen LogP contribution in [0.2, 0.25) is 0 Å². The molecule has 0 aliphatic rings. The molecule has 2 aromatic carbocycles. The molecule has 1 heterocycles. The zero-order chi connectivity index (χ0) is 21.2. The van der Waals surface area contributed by atoms with Crippen LogP contribution in [-0.2, 0) is 16.6 Å². The molecule has 3 rings (SSSR count). The number of carbonyl (C=O) groups is 1. The highest BCUT2D eigenvalue weighted by atomic mass is 32.2. The Morgan fingerprint density at radius 2 is 1.79 bits per heavy atom. The highest BCUT2D eigenvalue weighted by Gasteiger charge is 2.19. The van der Waals surface area contributed by atoms with Crippen LogP contribution in [-0.4, -0.2) is 14.3 Å². The van der Waals surface area contributed by atoms with Gasteiger partial charge in [-0.25, -0.2) is 12.8 Å². The number of amides is 1. The van der Waals surface area contributed by atoms with Gasteiger partial charge in [-0.05, 0) is 56.7 Å². The van der Waals surface area contributed by atoms with Gasteiger partial charge in [0, 0.05) is 17.7 Å². The van der Waals surface area contributed by atoms with Gasteiger partial charge in [0.1, 0.15) is 17.3 Å². The third-order valence-electron chi connectivity index (χ3n) is 4.47. The van der Waals surface area contributed by atoms with Crippen LogP contribution in [0.5, 0.6) is 0 Å². The maximum atomic E-state index is 13.8. The number of sulfonamides is 1. The summed E-state index contributed by atoms with van der Waals surface area (Å²) in [5, 5.41) is 2.77. The van der Waals surface area contributed by atoms with Gasteiger partial charge in [0.25, 0.3) is 15.9 Å². The van der Waals surface area contributed by atoms with E-state index in [4.69, 9.17) is 4.42 Å². The molecular weight excluding hydrogens is 395 g/mol. The Hall–Kier alpha value is -3.13. The molecule has 0 spiro atoms. The van der Waals surface area contributed by atoms with Crippen LogP contribution < -0.4 is 10.0 Å². The maximum absolute atomic E-state index is 13.8. The average molecular weight is 416 g/mol. The van der Waals surface area contributed by atoms with Crippen molar-refractivity contribution in [3.8, 4) is 0 Å². The molecule has 0 bridgehead atoms. The van der Waals surface area contributed by atoms with Crippen molar-refractivity contribution in [2.24, 2.45) is 0 Å². The van der Waals surface area contributed by atoms with Crippen molar-refractivity contribution in [3.63, 3.8) is 0 Å². The SMILES string of the molecule is Cc1cc(CNC(=O)c2cc(S(=O)(=O)Nc3ccccc3F)ccc2C)c(C)o1. The van der Waals surface area contributed by atoms with Gasteiger partial charge in [-0.1, -0.05) is 18.2 Å². The van der Waals surface area contributed by atoms with Gasteiger partial charge in [0.2, 0.25) is 0 Å². The van der Waals surface area contributed by atoms with Crippen molar-refractivity contribution in [2.45, 2.75) is 32.2 Å². The molecule has 152 valence electrons. The average Bonchev–Trinajstić information content (AvgIpc) is 2.99. The zero-order valence-corrected chi connectivity index (χ0v) is 17.1. The lowest BCUT2D eigenvalue weighted by Crippen LogP contribution is -2.24. The van der Waals surface area contributed by atoms with Crippen LogP contribution in [0.25, 0.3) is 0 Å². The molecular formula is C21H21FN2O4S. The molecule has 0 radical (unpaired) electrons. The summed E-state index contributed by atoms with van der Waals surface area (Å²) in [6.07, 6.45) is 0. The summed E-state index contributed by atoms with van der Waals surface area (Å²) < 4.78 is 46.7. The topological polar surface area (TPSA) is 88.4 Å². The Kier molecular flexibility index (Phi) is 5.74. The molecule has 8 heteroatoms. The summed E-state index contributed by atoms with van der Waals surface area (Å²) in [5.74, 6) is 0.357. The van der Waals surface area contributed by atoms with Crippen molar-refractivity contribution in [3.05, 3.63) is 82.6 Å². The molecule has 0 unspecified atom stereocenters. The Bertz CT molecular complexity index is 1170. The zero-order valence-electron chi connectivity index (χ0n) is 16.2. The van der Waals surface area contributed by atoms with E-state index in [9.17, 15) is 17.6 Å². The van der Waals surface area contributed by atoms with Crippen molar-refractivity contribution >= 4 is 21.6 Å². The fourth-order valence-electron chi connectivity index (χ4n) is 2.89. The minimum Gasteiger partial charge on any atom is -0.466 e. The van der Waals surface area contributed by atoms with Gasteiger partial charge >= 0.3 is 0 Å². The number of benzene rings is 2. The number of hydrogen-bond donors (Lipinski definition) is 2. The number of halogens is 1. The predicted octanol–water partition coefficient (Wildman–Crippen LogP) is 4.07. The van der Waals surface area contributed by atoms with E-state index in [0.717, 1.165) is 17.4 Å². The van der Waals surface area contributed by atoms with Gasteiger partial charge in [-0.3, -0.25) is 9.52 Å². The van der Waals surface area contributed by atoms with Crippen molar-refractivity contribution in [1.82, 2.24) is 5.32 Å². The quantitative estimate of drug-likeness (QED) is 0.634. The van der Waals surface area contributed by atoms with Gasteiger partial charge in [-0.15, -0.1) is 0 Å². The molecule has 6 nitrogen and oxygen atoms in total. The largest absolute Gasteiger partial charge is 0.466 e. The smallest absolute Gasteiger partial charge is 0.262 e. The van der Waals surface area contributed by atoms with Crippen LogP contribution in [0.15, 0.2) is 57.8 Å². The molecule has 0 saturated carbocycles.